The zero-order valence-electron chi connectivity index (χ0n) is 19.6. The minimum atomic E-state index is -1.59. The van der Waals surface area contributed by atoms with Gasteiger partial charge in [0.1, 0.15) is 6.04 Å². The molecule has 4 rings (SSSR count). The Kier molecular flexibility index (Phi) is 7.02. The molecule has 2 amide bonds. The largest absolute Gasteiger partial charge is 0.394 e. The van der Waals surface area contributed by atoms with Crippen LogP contribution in [0, 0.1) is 5.92 Å². The molecule has 0 aromatic heterocycles. The van der Waals surface area contributed by atoms with Gasteiger partial charge in [-0.1, -0.05) is 74.0 Å². The lowest BCUT2D eigenvalue weighted by Gasteiger charge is -2.28. The van der Waals surface area contributed by atoms with Crippen molar-refractivity contribution in [3.8, 4) is 11.1 Å². The second kappa shape index (κ2) is 9.70. The van der Waals surface area contributed by atoms with E-state index in [1.165, 1.54) is 0 Å². The Hall–Kier alpha value is -2.78. The van der Waals surface area contributed by atoms with Gasteiger partial charge in [0, 0.05) is 0 Å². The monoisotopic (exact) mass is 500 g/mol. The van der Waals surface area contributed by atoms with Crippen LogP contribution in [0.3, 0.4) is 0 Å². The molecular formula is C26H29ClN2O6. The Morgan fingerprint density at radius 3 is 1.97 bits per heavy atom. The number of ether oxygens (including phenoxy) is 1. The molecule has 2 aromatic rings. The third-order valence-corrected chi connectivity index (χ3v) is 7.12. The number of halogens is 1. The number of carbonyl (C=O) groups is 3. The fourth-order valence-corrected chi connectivity index (χ4v) is 4.95. The average Bonchev–Trinajstić information content (AvgIpc) is 3.62. The highest BCUT2D eigenvalue weighted by Gasteiger charge is 2.54. The van der Waals surface area contributed by atoms with Crippen LogP contribution in [0.1, 0.15) is 31.4 Å². The zero-order chi connectivity index (χ0) is 25.4. The lowest BCUT2D eigenvalue weighted by molar-refractivity contribution is -0.135. The summed E-state index contributed by atoms with van der Waals surface area (Å²) in [6.45, 7) is 2.69. The summed E-state index contributed by atoms with van der Waals surface area (Å²) in [7, 11) is 0. The van der Waals surface area contributed by atoms with E-state index in [4.69, 9.17) is 16.3 Å². The number of Topliss-reactive ketones (excluding diaryl/α,β-unsaturated/α-hetero) is 1. The predicted molar refractivity (Wildman–Crippen MR) is 130 cm³/mol. The number of rotatable bonds is 10. The third kappa shape index (κ3) is 4.47. The number of hydrogen-bond acceptors (Lipinski definition) is 6. The first kappa shape index (κ1) is 25.3. The quantitative estimate of drug-likeness (QED) is 0.289. The first-order valence-corrected chi connectivity index (χ1v) is 12.0. The van der Waals surface area contributed by atoms with Gasteiger partial charge in [0.2, 0.25) is 5.91 Å². The van der Waals surface area contributed by atoms with E-state index in [0.29, 0.717) is 17.5 Å². The lowest BCUT2D eigenvalue weighted by Crippen LogP contribution is -2.57. The highest BCUT2D eigenvalue weighted by molar-refractivity contribution is 6.39. The van der Waals surface area contributed by atoms with Crippen molar-refractivity contribution in [1.29, 1.82) is 0 Å². The molecular weight excluding hydrogens is 472 g/mol. The molecule has 1 fully saturated rings. The number of hydrogen-bond donors (Lipinski definition) is 4. The number of epoxide rings is 1. The van der Waals surface area contributed by atoms with Crippen LogP contribution < -0.4 is 10.6 Å². The molecule has 1 aliphatic heterocycles. The van der Waals surface area contributed by atoms with Gasteiger partial charge in [0.05, 0.1) is 25.9 Å². The molecule has 0 radical (unpaired) electrons. The van der Waals surface area contributed by atoms with Gasteiger partial charge < -0.3 is 25.6 Å². The Morgan fingerprint density at radius 1 is 0.971 bits per heavy atom. The van der Waals surface area contributed by atoms with Gasteiger partial charge in [-0.25, -0.2) is 0 Å². The van der Waals surface area contributed by atoms with E-state index in [1.807, 2.05) is 38.1 Å². The number of amides is 2. The second-order valence-electron chi connectivity index (χ2n) is 9.45. The first-order chi connectivity index (χ1) is 16.7. The normalized spacial score (nSPS) is 21.0. The summed E-state index contributed by atoms with van der Waals surface area (Å²) in [5, 5.41) is 24.7. The van der Waals surface area contributed by atoms with Gasteiger partial charge in [0.25, 0.3) is 5.91 Å². The van der Waals surface area contributed by atoms with Gasteiger partial charge in [0.15, 0.2) is 16.3 Å². The van der Waals surface area contributed by atoms with E-state index in [9.17, 15) is 24.6 Å². The lowest BCUT2D eigenvalue weighted by atomic mass is 9.92. The van der Waals surface area contributed by atoms with Crippen LogP contribution in [-0.4, -0.2) is 65.3 Å². The van der Waals surface area contributed by atoms with E-state index in [-0.39, 0.29) is 12.5 Å². The molecule has 9 heteroatoms. The van der Waals surface area contributed by atoms with Crippen LogP contribution >= 0.6 is 11.6 Å². The molecule has 1 heterocycles. The van der Waals surface area contributed by atoms with Gasteiger partial charge >= 0.3 is 0 Å². The maximum Gasteiger partial charge on any atom is 0.251 e. The summed E-state index contributed by atoms with van der Waals surface area (Å²) in [5.74, 6) is -1.76. The fourth-order valence-electron chi connectivity index (χ4n) is 4.57. The molecule has 35 heavy (non-hydrogen) atoms. The summed E-state index contributed by atoms with van der Waals surface area (Å²) in [6, 6.07) is 12.3. The molecule has 0 bridgehead atoms. The molecule has 2 aliphatic rings. The summed E-state index contributed by atoms with van der Waals surface area (Å²) in [6.07, 6.45) is 0.308. The van der Waals surface area contributed by atoms with Crippen LogP contribution in [0.2, 0.25) is 0 Å². The predicted octanol–water partition coefficient (Wildman–Crippen LogP) is 1.49. The molecule has 1 aliphatic carbocycles. The van der Waals surface area contributed by atoms with E-state index in [1.54, 1.807) is 24.3 Å². The van der Waals surface area contributed by atoms with Gasteiger partial charge in [-0.2, -0.15) is 0 Å². The summed E-state index contributed by atoms with van der Waals surface area (Å²) < 4.78 is 5.16. The van der Waals surface area contributed by atoms with Crippen molar-refractivity contribution in [2.24, 2.45) is 5.92 Å². The molecule has 4 N–H and O–H groups in total. The highest BCUT2D eigenvalue weighted by atomic mass is 35.5. The van der Waals surface area contributed by atoms with Crippen LogP contribution in [0.4, 0.5) is 0 Å². The molecule has 0 spiro atoms. The number of nitrogens with one attached hydrogen (secondary N) is 2. The smallest absolute Gasteiger partial charge is 0.251 e. The van der Waals surface area contributed by atoms with E-state index >= 15 is 0 Å². The summed E-state index contributed by atoms with van der Waals surface area (Å²) in [4.78, 5) is 37.9. The minimum Gasteiger partial charge on any atom is -0.394 e. The number of ketones is 1. The number of benzene rings is 2. The van der Waals surface area contributed by atoms with Gasteiger partial charge in [-0.3, -0.25) is 14.4 Å². The van der Waals surface area contributed by atoms with Crippen molar-refractivity contribution >= 4 is 29.2 Å². The third-order valence-electron chi connectivity index (χ3n) is 6.54. The Bertz CT molecular complexity index is 1100. The van der Waals surface area contributed by atoms with Gasteiger partial charge in [-0.05, 0) is 34.6 Å². The van der Waals surface area contributed by atoms with Crippen LogP contribution in [0.25, 0.3) is 11.1 Å². The Morgan fingerprint density at radius 2 is 1.51 bits per heavy atom. The summed E-state index contributed by atoms with van der Waals surface area (Å²) in [5.41, 5.74) is 1.50. The fraction of sp³-hybridized carbons (Fsp3) is 0.423. The first-order valence-electron chi connectivity index (χ1n) is 11.6. The van der Waals surface area contributed by atoms with E-state index in [2.05, 4.69) is 10.6 Å². The number of alkyl halides is 1. The van der Waals surface area contributed by atoms with E-state index < -0.39 is 53.4 Å². The molecule has 1 saturated heterocycles. The zero-order valence-corrected chi connectivity index (χ0v) is 20.3. The summed E-state index contributed by atoms with van der Waals surface area (Å²) >= 11 is 6.98. The Labute approximate surface area is 208 Å². The number of fused-ring (bicyclic) bond motifs is 3. The molecule has 2 aromatic carbocycles. The van der Waals surface area contributed by atoms with Crippen LogP contribution in [0.5, 0.6) is 0 Å². The Balaban J connectivity index is 1.55. The topological polar surface area (TPSA) is 128 Å². The molecule has 8 nitrogen and oxygen atoms in total. The molecule has 186 valence electrons. The van der Waals surface area contributed by atoms with Crippen molar-refractivity contribution < 1.29 is 29.3 Å². The second-order valence-corrected chi connectivity index (χ2v) is 10.0. The van der Waals surface area contributed by atoms with Crippen molar-refractivity contribution in [2.45, 2.75) is 42.8 Å². The molecule has 3 atom stereocenters. The molecule has 3 unspecified atom stereocenters. The maximum absolute atomic E-state index is 13.5. The molecule has 0 saturated carbocycles. The standard InChI is InChI=1S/C26H29ClN2O6/c1-15(2)11-20(22(32)25(13-31)14-35-25)28-23(33)21(12-30)29-24(34)26(27)18-9-5-3-7-16(18)17-8-4-6-10-19(17)26/h3-10,15,20-21,30-31H,11-14H2,1-2H3,(H,28,33)(H,29,34). The number of aliphatic hydroxyl groups is 2. The van der Waals surface area contributed by atoms with Crippen molar-refractivity contribution in [2.75, 3.05) is 19.8 Å². The van der Waals surface area contributed by atoms with E-state index in [0.717, 1.165) is 11.1 Å². The number of carbonyl (C=O) groups excluding carboxylic acids is 3. The van der Waals surface area contributed by atoms with Crippen LogP contribution in [-0.2, 0) is 24.0 Å². The average molecular weight is 501 g/mol. The van der Waals surface area contributed by atoms with Gasteiger partial charge in [-0.15, -0.1) is 0 Å². The highest BCUT2D eigenvalue weighted by Crippen LogP contribution is 2.51. The van der Waals surface area contributed by atoms with Crippen molar-refractivity contribution in [3.05, 3.63) is 59.7 Å². The number of aliphatic hydroxyl groups excluding tert-OH is 2. The maximum atomic E-state index is 13.5. The SMILES string of the molecule is CC(C)CC(NC(=O)C(CO)NC(=O)C1(Cl)c2ccccc2-c2ccccc21)C(=O)C1(CO)CO1. The van der Waals surface area contributed by atoms with Crippen molar-refractivity contribution in [1.82, 2.24) is 10.6 Å². The van der Waals surface area contributed by atoms with Crippen LogP contribution in [0.15, 0.2) is 48.5 Å². The minimum absolute atomic E-state index is 0.0542. The van der Waals surface area contributed by atoms with Crippen molar-refractivity contribution in [3.63, 3.8) is 0 Å².